The van der Waals surface area contributed by atoms with Gasteiger partial charge in [0.2, 0.25) is 0 Å². The third-order valence-corrected chi connectivity index (χ3v) is 7.52. The molecule has 6 nitrogen and oxygen atoms in total. The molecule has 0 N–H and O–H groups in total. The van der Waals surface area contributed by atoms with Gasteiger partial charge >= 0.3 is 11.9 Å². The van der Waals surface area contributed by atoms with Crippen LogP contribution in [-0.4, -0.2) is 36.7 Å². The summed E-state index contributed by atoms with van der Waals surface area (Å²) < 4.78 is 10.2. The molecule has 2 aliphatic rings. The van der Waals surface area contributed by atoms with E-state index in [-0.39, 0.29) is 35.6 Å². The van der Waals surface area contributed by atoms with Crippen molar-refractivity contribution < 1.29 is 28.7 Å². The van der Waals surface area contributed by atoms with Crippen molar-refractivity contribution in [2.75, 3.05) is 13.2 Å². The third-order valence-electron chi connectivity index (χ3n) is 7.52. The highest BCUT2D eigenvalue weighted by Crippen LogP contribution is 2.36. The van der Waals surface area contributed by atoms with Crippen molar-refractivity contribution in [3.63, 3.8) is 0 Å². The highest BCUT2D eigenvalue weighted by atomic mass is 16.5. The molecule has 2 saturated carbocycles. The van der Waals surface area contributed by atoms with Crippen LogP contribution in [0.5, 0.6) is 0 Å². The van der Waals surface area contributed by atoms with E-state index in [9.17, 15) is 19.2 Å². The van der Waals surface area contributed by atoms with Gasteiger partial charge in [-0.1, -0.05) is 66.2 Å². The summed E-state index contributed by atoms with van der Waals surface area (Å²) in [5.41, 5.74) is 0. The summed E-state index contributed by atoms with van der Waals surface area (Å²) in [6.07, 6.45) is 14.5. The van der Waals surface area contributed by atoms with Crippen LogP contribution in [0.3, 0.4) is 0 Å². The maximum absolute atomic E-state index is 11.8. The summed E-state index contributed by atoms with van der Waals surface area (Å²) in [6.45, 7) is 9.30. The summed E-state index contributed by atoms with van der Waals surface area (Å²) in [7, 11) is 0. The van der Waals surface area contributed by atoms with Gasteiger partial charge < -0.3 is 9.47 Å². The predicted molar refractivity (Wildman–Crippen MR) is 142 cm³/mol. The number of esters is 2. The topological polar surface area (TPSA) is 86.7 Å². The lowest BCUT2D eigenvalue weighted by Gasteiger charge is -2.17. The molecule has 2 fully saturated rings. The average molecular weight is 509 g/mol. The summed E-state index contributed by atoms with van der Waals surface area (Å²) in [4.78, 5) is 46.9. The van der Waals surface area contributed by atoms with E-state index in [4.69, 9.17) is 9.47 Å². The number of carbonyl (C=O) groups is 4. The second-order valence-corrected chi connectivity index (χ2v) is 10.6. The van der Waals surface area contributed by atoms with E-state index in [1.807, 2.05) is 13.8 Å². The lowest BCUT2D eigenvalue weighted by atomic mass is 9.88. The third kappa shape index (κ3) is 12.5. The first-order valence-electron chi connectivity index (χ1n) is 14.7. The number of unbranched alkanes of at least 4 members (excludes halogenated alkanes) is 4. The van der Waals surface area contributed by atoms with Crippen molar-refractivity contribution in [1.29, 1.82) is 0 Å². The fourth-order valence-electron chi connectivity index (χ4n) is 5.44. The molecule has 0 saturated heterocycles. The molecule has 36 heavy (non-hydrogen) atoms. The normalized spacial score (nSPS) is 23.3. The van der Waals surface area contributed by atoms with E-state index in [1.54, 1.807) is 0 Å². The molecule has 0 unspecified atom stereocenters. The zero-order valence-electron chi connectivity index (χ0n) is 23.5. The minimum absolute atomic E-state index is 0.116. The smallest absolute Gasteiger partial charge is 0.306 e. The Morgan fingerprint density at radius 1 is 0.639 bits per heavy atom. The second-order valence-electron chi connectivity index (χ2n) is 10.6. The molecule has 0 aromatic carbocycles. The van der Waals surface area contributed by atoms with Gasteiger partial charge in [0.05, 0.1) is 13.2 Å². The number of rotatable bonds is 16. The Kier molecular flexibility index (Phi) is 17.4. The van der Waals surface area contributed by atoms with Crippen LogP contribution >= 0.6 is 0 Å². The minimum atomic E-state index is -0.128. The minimum Gasteiger partial charge on any atom is -0.466 e. The molecule has 2 aliphatic carbocycles. The Balaban J connectivity index is 0.000000360. The Bertz CT molecular complexity index is 602. The van der Waals surface area contributed by atoms with Gasteiger partial charge in [0.15, 0.2) is 0 Å². The molecule has 0 aliphatic heterocycles. The molecule has 0 aromatic rings. The van der Waals surface area contributed by atoms with Gasteiger partial charge in [-0.2, -0.15) is 0 Å². The van der Waals surface area contributed by atoms with Crippen LogP contribution in [0.2, 0.25) is 0 Å². The van der Waals surface area contributed by atoms with E-state index < -0.39 is 0 Å². The summed E-state index contributed by atoms with van der Waals surface area (Å²) in [5.74, 6) is 1.17. The SMILES string of the molecule is CCCCC[C@@H]1C(=O)CC[C@H]1CC(=O)OCCC.CCCCC[C@H]1C(=O)CC[C@@H]1CC(=O)OCCC. The molecule has 0 bridgehead atoms. The van der Waals surface area contributed by atoms with Crippen LogP contribution in [0.1, 0.15) is 130 Å². The number of ketones is 2. The Morgan fingerprint density at radius 2 is 1.03 bits per heavy atom. The second kappa shape index (κ2) is 19.4. The molecule has 0 amide bonds. The van der Waals surface area contributed by atoms with Crippen molar-refractivity contribution in [3.8, 4) is 0 Å². The molecular formula is C30H52O6. The Morgan fingerprint density at radius 3 is 1.36 bits per heavy atom. The van der Waals surface area contributed by atoms with E-state index in [2.05, 4.69) is 13.8 Å². The van der Waals surface area contributed by atoms with Crippen molar-refractivity contribution in [2.45, 2.75) is 130 Å². The van der Waals surface area contributed by atoms with Crippen molar-refractivity contribution >= 4 is 23.5 Å². The fourth-order valence-corrected chi connectivity index (χ4v) is 5.44. The molecular weight excluding hydrogens is 456 g/mol. The van der Waals surface area contributed by atoms with E-state index in [0.717, 1.165) is 51.4 Å². The van der Waals surface area contributed by atoms with Gasteiger partial charge in [-0.05, 0) is 50.4 Å². The number of hydrogen-bond donors (Lipinski definition) is 0. The molecule has 0 aromatic heterocycles. The number of ether oxygens (including phenoxy) is 2. The van der Waals surface area contributed by atoms with Crippen LogP contribution in [-0.2, 0) is 28.7 Å². The Labute approximate surface area is 219 Å². The summed E-state index contributed by atoms with van der Waals surface area (Å²) >= 11 is 0. The number of carbonyl (C=O) groups excluding carboxylic acids is 4. The molecule has 4 atom stereocenters. The number of hydrogen-bond acceptors (Lipinski definition) is 6. The van der Waals surface area contributed by atoms with E-state index in [0.29, 0.717) is 50.5 Å². The number of Topliss-reactive ketones (excluding diaryl/α,β-unsaturated/α-hetero) is 2. The first kappa shape index (κ1) is 32.3. The molecule has 6 heteroatoms. The average Bonchev–Trinajstić information content (AvgIpc) is 3.38. The van der Waals surface area contributed by atoms with Gasteiger partial charge in [-0.3, -0.25) is 19.2 Å². The molecule has 208 valence electrons. The van der Waals surface area contributed by atoms with Gasteiger partial charge in [0.1, 0.15) is 11.6 Å². The van der Waals surface area contributed by atoms with Crippen molar-refractivity contribution in [3.05, 3.63) is 0 Å². The lowest BCUT2D eigenvalue weighted by Crippen LogP contribution is -2.19. The Hall–Kier alpha value is -1.72. The quantitative estimate of drug-likeness (QED) is 0.165. The van der Waals surface area contributed by atoms with Crippen LogP contribution in [0.15, 0.2) is 0 Å². The lowest BCUT2D eigenvalue weighted by molar-refractivity contribution is -0.146. The first-order valence-corrected chi connectivity index (χ1v) is 14.7. The molecule has 0 spiro atoms. The van der Waals surface area contributed by atoms with Crippen LogP contribution in [0.4, 0.5) is 0 Å². The standard InChI is InChI=1S/2C15H26O3/c2*1-3-5-6-7-13-12(8-9-14(13)16)11-15(17)18-10-4-2/h2*12-13H,3-11H2,1-2H3/t2*12-,13-/m10/s1. The highest BCUT2D eigenvalue weighted by molar-refractivity contribution is 5.85. The van der Waals surface area contributed by atoms with Crippen LogP contribution in [0, 0.1) is 23.7 Å². The van der Waals surface area contributed by atoms with Gasteiger partial charge in [0, 0.05) is 37.5 Å². The maximum atomic E-state index is 11.8. The van der Waals surface area contributed by atoms with Crippen LogP contribution in [0.25, 0.3) is 0 Å². The van der Waals surface area contributed by atoms with Gasteiger partial charge in [-0.15, -0.1) is 0 Å². The summed E-state index contributed by atoms with van der Waals surface area (Å²) in [5, 5.41) is 0. The first-order chi connectivity index (χ1) is 17.4. The predicted octanol–water partition coefficient (Wildman–Crippen LogP) is 7.01. The molecule has 0 heterocycles. The zero-order valence-corrected chi connectivity index (χ0v) is 23.5. The fraction of sp³-hybridized carbons (Fsp3) is 0.867. The largest absolute Gasteiger partial charge is 0.466 e. The monoisotopic (exact) mass is 508 g/mol. The zero-order chi connectivity index (χ0) is 26.8. The van der Waals surface area contributed by atoms with E-state index >= 15 is 0 Å². The van der Waals surface area contributed by atoms with E-state index in [1.165, 1.54) is 25.7 Å². The van der Waals surface area contributed by atoms with Crippen LogP contribution < -0.4 is 0 Å². The van der Waals surface area contributed by atoms with Crippen molar-refractivity contribution in [2.24, 2.45) is 23.7 Å². The van der Waals surface area contributed by atoms with Gasteiger partial charge in [0.25, 0.3) is 0 Å². The summed E-state index contributed by atoms with van der Waals surface area (Å²) in [6, 6.07) is 0. The van der Waals surface area contributed by atoms with Gasteiger partial charge in [-0.25, -0.2) is 0 Å². The van der Waals surface area contributed by atoms with Crippen molar-refractivity contribution in [1.82, 2.24) is 0 Å². The maximum Gasteiger partial charge on any atom is 0.306 e. The highest BCUT2D eigenvalue weighted by Gasteiger charge is 2.36. The molecule has 2 rings (SSSR count). The molecule has 0 radical (unpaired) electrons.